The third-order valence-corrected chi connectivity index (χ3v) is 6.53. The van der Waals surface area contributed by atoms with Crippen LogP contribution in [0.3, 0.4) is 0 Å². The Hall–Kier alpha value is -1.93. The highest BCUT2D eigenvalue weighted by Crippen LogP contribution is 2.26. The molecule has 0 radical (unpaired) electrons. The van der Waals surface area contributed by atoms with Gasteiger partial charge >= 0.3 is 0 Å². The average molecular weight is 508 g/mol. The van der Waals surface area contributed by atoms with E-state index in [0.29, 0.717) is 24.2 Å². The molecule has 166 valence electrons. The molecule has 31 heavy (non-hydrogen) atoms. The van der Waals surface area contributed by atoms with Crippen molar-refractivity contribution < 1.29 is 9.59 Å². The second-order valence-corrected chi connectivity index (χ2v) is 9.15. The maximum Gasteiger partial charge on any atom is 0.253 e. The van der Waals surface area contributed by atoms with Gasteiger partial charge in [-0.1, -0.05) is 39.7 Å². The first-order valence-corrected chi connectivity index (χ1v) is 11.5. The fourth-order valence-electron chi connectivity index (χ4n) is 4.00. The number of carbonyl (C=O) groups excluding carboxylic acids is 2. The Morgan fingerprint density at radius 2 is 1.97 bits per heavy atom. The van der Waals surface area contributed by atoms with Gasteiger partial charge in [-0.3, -0.25) is 14.5 Å². The van der Waals surface area contributed by atoms with E-state index in [0.717, 1.165) is 29.0 Å². The molecule has 0 aliphatic carbocycles. The van der Waals surface area contributed by atoms with E-state index in [-0.39, 0.29) is 30.2 Å². The first kappa shape index (κ1) is 23.7. The lowest BCUT2D eigenvalue weighted by Crippen LogP contribution is -2.48. The van der Waals surface area contributed by atoms with E-state index in [1.807, 2.05) is 36.4 Å². The quantitative estimate of drug-likeness (QED) is 0.507. The van der Waals surface area contributed by atoms with E-state index in [1.54, 1.807) is 13.1 Å². The van der Waals surface area contributed by atoms with E-state index in [1.165, 1.54) is 5.56 Å². The fraction of sp³-hybridized carbons (Fsp3) is 0.391. The molecule has 1 fully saturated rings. The number of Topliss-reactive ketones (excluding diaryl/α,β-unsaturated/α-hetero) is 1. The van der Waals surface area contributed by atoms with Gasteiger partial charge in [-0.2, -0.15) is 0 Å². The number of ketones is 1. The molecule has 0 bridgehead atoms. The predicted octanol–water partition coefficient (Wildman–Crippen LogP) is 3.68. The van der Waals surface area contributed by atoms with Gasteiger partial charge in [0.2, 0.25) is 0 Å². The molecule has 1 amide bonds. The lowest BCUT2D eigenvalue weighted by atomic mass is 9.87. The summed E-state index contributed by atoms with van der Waals surface area (Å²) in [6, 6.07) is 13.4. The average Bonchev–Trinajstić information content (AvgIpc) is 2.78. The topological polar surface area (TPSA) is 87.5 Å². The fourth-order valence-corrected chi connectivity index (χ4v) is 4.49. The maximum absolute atomic E-state index is 12.8. The number of nitrogens with two attached hydrogens (primary N) is 1. The normalized spacial score (nSPS) is 19.1. The Kier molecular flexibility index (Phi) is 8.49. The first-order chi connectivity index (χ1) is 14.9. The molecular weight excluding hydrogens is 480 g/mol. The van der Waals surface area contributed by atoms with Crippen LogP contribution in [0.4, 0.5) is 5.69 Å². The molecule has 1 heterocycles. The van der Waals surface area contributed by atoms with Crippen molar-refractivity contribution in [1.82, 2.24) is 10.2 Å². The second-order valence-electron chi connectivity index (χ2n) is 7.80. The maximum atomic E-state index is 12.8. The van der Waals surface area contributed by atoms with Crippen LogP contribution in [0.15, 0.2) is 46.9 Å². The second kappa shape index (κ2) is 11.1. The summed E-state index contributed by atoms with van der Waals surface area (Å²) in [6.07, 6.45) is 1.47. The van der Waals surface area contributed by atoms with Crippen LogP contribution in [0.2, 0.25) is 5.02 Å². The summed E-state index contributed by atoms with van der Waals surface area (Å²) in [7, 11) is 1.76. The van der Waals surface area contributed by atoms with Crippen LogP contribution in [0.1, 0.15) is 28.8 Å². The number of amides is 1. The predicted molar refractivity (Wildman–Crippen MR) is 128 cm³/mol. The number of hydrogen-bond donors (Lipinski definition) is 3. The van der Waals surface area contributed by atoms with Gasteiger partial charge in [0.1, 0.15) is 0 Å². The van der Waals surface area contributed by atoms with Gasteiger partial charge in [0.05, 0.1) is 12.1 Å². The molecule has 4 N–H and O–H groups in total. The molecule has 0 aromatic heterocycles. The van der Waals surface area contributed by atoms with Crippen molar-refractivity contribution in [2.24, 2.45) is 11.7 Å². The number of anilines is 1. The zero-order valence-corrected chi connectivity index (χ0v) is 19.9. The van der Waals surface area contributed by atoms with Crippen molar-refractivity contribution in [1.29, 1.82) is 0 Å². The molecule has 0 saturated carbocycles. The summed E-state index contributed by atoms with van der Waals surface area (Å²) < 4.78 is 0.807. The molecule has 1 saturated heterocycles. The number of hydrogen-bond acceptors (Lipinski definition) is 5. The number of likely N-dealkylation sites (tertiary alicyclic amines) is 1. The minimum atomic E-state index is -0.269. The van der Waals surface area contributed by atoms with Gasteiger partial charge in [0.25, 0.3) is 5.91 Å². The van der Waals surface area contributed by atoms with E-state index in [4.69, 9.17) is 17.3 Å². The summed E-state index contributed by atoms with van der Waals surface area (Å²) in [6.45, 7) is 2.09. The van der Waals surface area contributed by atoms with Crippen LogP contribution in [-0.4, -0.2) is 49.3 Å². The van der Waals surface area contributed by atoms with Crippen LogP contribution < -0.4 is 16.4 Å². The van der Waals surface area contributed by atoms with Gasteiger partial charge < -0.3 is 16.4 Å². The van der Waals surface area contributed by atoms with Gasteiger partial charge in [0, 0.05) is 47.3 Å². The molecule has 8 heteroatoms. The minimum Gasteiger partial charge on any atom is -0.387 e. The largest absolute Gasteiger partial charge is 0.387 e. The highest BCUT2D eigenvalue weighted by atomic mass is 79.9. The molecule has 2 unspecified atom stereocenters. The summed E-state index contributed by atoms with van der Waals surface area (Å²) in [5, 5.41) is 6.50. The zero-order valence-electron chi connectivity index (χ0n) is 17.5. The molecule has 2 atom stereocenters. The van der Waals surface area contributed by atoms with Crippen LogP contribution in [-0.2, 0) is 11.3 Å². The number of nitrogens with zero attached hydrogens (tertiary/aromatic N) is 1. The van der Waals surface area contributed by atoms with E-state index < -0.39 is 0 Å². The Bertz CT molecular complexity index is 922. The smallest absolute Gasteiger partial charge is 0.253 e. The SMILES string of the molecule is CNc1ccc(Br)cc1C(=O)NCC(=O)C1CCN(Cc2ccc(Cl)cc2)C(CN)C1. The Morgan fingerprint density at radius 1 is 1.23 bits per heavy atom. The van der Waals surface area contributed by atoms with E-state index in [9.17, 15) is 9.59 Å². The van der Waals surface area contributed by atoms with E-state index in [2.05, 4.69) is 31.5 Å². The van der Waals surface area contributed by atoms with Gasteiger partial charge in [-0.15, -0.1) is 0 Å². The van der Waals surface area contributed by atoms with Crippen LogP contribution in [0.25, 0.3) is 0 Å². The number of carbonyl (C=O) groups is 2. The number of benzene rings is 2. The molecule has 3 rings (SSSR count). The summed E-state index contributed by atoms with van der Waals surface area (Å²) in [5.74, 6) is -0.310. The Balaban J connectivity index is 1.55. The molecule has 6 nitrogen and oxygen atoms in total. The van der Waals surface area contributed by atoms with Crippen molar-refractivity contribution in [3.05, 3.63) is 63.1 Å². The van der Waals surface area contributed by atoms with Crippen LogP contribution in [0.5, 0.6) is 0 Å². The van der Waals surface area contributed by atoms with Crippen molar-refractivity contribution in [3.8, 4) is 0 Å². The number of halogens is 2. The van der Waals surface area contributed by atoms with Crippen molar-refractivity contribution in [2.45, 2.75) is 25.4 Å². The molecular formula is C23H28BrClN4O2. The lowest BCUT2D eigenvalue weighted by molar-refractivity contribution is -0.124. The number of rotatable bonds is 8. The lowest BCUT2D eigenvalue weighted by Gasteiger charge is -2.38. The highest BCUT2D eigenvalue weighted by molar-refractivity contribution is 9.10. The van der Waals surface area contributed by atoms with Crippen molar-refractivity contribution in [3.63, 3.8) is 0 Å². The number of piperidine rings is 1. The highest BCUT2D eigenvalue weighted by Gasteiger charge is 2.31. The Labute approximate surface area is 196 Å². The van der Waals surface area contributed by atoms with Crippen molar-refractivity contribution in [2.75, 3.05) is 32.0 Å². The van der Waals surface area contributed by atoms with E-state index >= 15 is 0 Å². The first-order valence-electron chi connectivity index (χ1n) is 10.4. The molecule has 2 aromatic rings. The van der Waals surface area contributed by atoms with Gasteiger partial charge in [-0.25, -0.2) is 0 Å². The summed E-state index contributed by atoms with van der Waals surface area (Å²) in [4.78, 5) is 27.7. The van der Waals surface area contributed by atoms with Gasteiger partial charge in [-0.05, 0) is 55.3 Å². The molecule has 0 spiro atoms. The molecule has 2 aromatic carbocycles. The standard InChI is InChI=1S/C23H28BrClN4O2/c1-27-21-7-4-17(24)11-20(21)23(31)28-13-22(30)16-8-9-29(19(10-16)12-26)14-15-2-5-18(25)6-3-15/h2-7,11,16,19,27H,8-10,12-14,26H2,1H3,(H,28,31). The summed E-state index contributed by atoms with van der Waals surface area (Å²) in [5.41, 5.74) is 8.41. The molecule has 1 aliphatic rings. The van der Waals surface area contributed by atoms with Crippen molar-refractivity contribution >= 4 is 44.9 Å². The van der Waals surface area contributed by atoms with Gasteiger partial charge in [0.15, 0.2) is 5.78 Å². The minimum absolute atomic E-state index is 0.0215. The third-order valence-electron chi connectivity index (χ3n) is 5.78. The summed E-state index contributed by atoms with van der Waals surface area (Å²) >= 11 is 9.36. The third kappa shape index (κ3) is 6.29. The molecule has 1 aliphatic heterocycles. The van der Waals surface area contributed by atoms with Crippen LogP contribution >= 0.6 is 27.5 Å². The number of nitrogens with one attached hydrogen (secondary N) is 2. The Morgan fingerprint density at radius 3 is 2.65 bits per heavy atom. The zero-order chi connectivity index (χ0) is 22.4. The monoisotopic (exact) mass is 506 g/mol. The van der Waals surface area contributed by atoms with Crippen LogP contribution in [0, 0.1) is 5.92 Å².